The lowest BCUT2D eigenvalue weighted by molar-refractivity contribution is 0.0950. The summed E-state index contributed by atoms with van der Waals surface area (Å²) in [5.74, 6) is -0.181. The summed E-state index contributed by atoms with van der Waals surface area (Å²) < 4.78 is 18.4. The molecule has 0 atom stereocenters. The second-order valence-electron chi connectivity index (χ2n) is 4.29. The highest BCUT2D eigenvalue weighted by molar-refractivity contribution is 5.94. The quantitative estimate of drug-likeness (QED) is 0.920. The maximum Gasteiger partial charge on any atom is 0.254 e. The number of halogens is 1. The lowest BCUT2D eigenvalue weighted by atomic mass is 10.1. The molecule has 0 aliphatic rings. The summed E-state index contributed by atoms with van der Waals surface area (Å²) in [6.45, 7) is 4.09. The molecule has 1 heterocycles. The summed E-state index contributed by atoms with van der Waals surface area (Å²) in [4.78, 5) is 11.8. The molecular formula is C14H15FN2O2. The first-order chi connectivity index (χ1) is 9.09. The summed E-state index contributed by atoms with van der Waals surface area (Å²) in [6.07, 6.45) is 0.612. The number of hydrogen-bond donors (Lipinski definition) is 1. The van der Waals surface area contributed by atoms with Gasteiger partial charge in [0.15, 0.2) is 0 Å². The second kappa shape index (κ2) is 5.65. The van der Waals surface area contributed by atoms with E-state index in [4.69, 9.17) is 4.52 Å². The normalized spacial score (nSPS) is 10.5. The van der Waals surface area contributed by atoms with Gasteiger partial charge < -0.3 is 9.84 Å². The fraction of sp³-hybridized carbons (Fsp3) is 0.286. The van der Waals surface area contributed by atoms with Crippen LogP contribution in [0.2, 0.25) is 0 Å². The number of aromatic nitrogens is 1. The summed E-state index contributed by atoms with van der Waals surface area (Å²) in [5.41, 5.74) is 1.85. The second-order valence-corrected chi connectivity index (χ2v) is 4.29. The smallest absolute Gasteiger partial charge is 0.254 e. The lowest BCUT2D eigenvalue weighted by Gasteiger charge is -2.05. The van der Waals surface area contributed by atoms with Gasteiger partial charge in [0, 0.05) is 12.1 Å². The number of carbonyl (C=O) groups excluding carboxylic acids is 1. The third-order valence-corrected chi connectivity index (χ3v) is 2.96. The Morgan fingerprint density at radius 3 is 2.74 bits per heavy atom. The number of hydrogen-bond acceptors (Lipinski definition) is 3. The van der Waals surface area contributed by atoms with Crippen molar-refractivity contribution >= 4 is 5.91 Å². The number of nitrogens with one attached hydrogen (secondary N) is 1. The fourth-order valence-corrected chi connectivity index (χ4v) is 1.90. The summed E-state index contributed by atoms with van der Waals surface area (Å²) in [6, 6.07) is 5.91. The highest BCUT2D eigenvalue weighted by Gasteiger charge is 2.12. The Labute approximate surface area is 110 Å². The Balaban J connectivity index is 1.93. The molecule has 0 radical (unpaired) electrons. The molecule has 0 unspecified atom stereocenters. The Bertz CT molecular complexity index is 573. The fourth-order valence-electron chi connectivity index (χ4n) is 1.90. The van der Waals surface area contributed by atoms with Crippen molar-refractivity contribution in [3.8, 4) is 0 Å². The Hall–Kier alpha value is -2.17. The van der Waals surface area contributed by atoms with E-state index in [9.17, 15) is 9.18 Å². The molecule has 1 N–H and O–H groups in total. The van der Waals surface area contributed by atoms with Gasteiger partial charge in [-0.2, -0.15) is 0 Å². The minimum atomic E-state index is -0.516. The van der Waals surface area contributed by atoms with Gasteiger partial charge in [-0.25, -0.2) is 4.39 Å². The zero-order chi connectivity index (χ0) is 13.8. The molecule has 0 spiro atoms. The van der Waals surface area contributed by atoms with E-state index in [0.717, 1.165) is 17.0 Å². The maximum atomic E-state index is 13.4. The highest BCUT2D eigenvalue weighted by atomic mass is 19.1. The number of aryl methyl sites for hydroxylation is 2. The van der Waals surface area contributed by atoms with Crippen LogP contribution in [0.25, 0.3) is 0 Å². The Morgan fingerprint density at radius 1 is 1.37 bits per heavy atom. The molecule has 0 saturated heterocycles. The zero-order valence-electron chi connectivity index (χ0n) is 10.9. The van der Waals surface area contributed by atoms with E-state index in [2.05, 4.69) is 10.5 Å². The number of nitrogens with zero attached hydrogens (tertiary/aromatic N) is 1. The van der Waals surface area contributed by atoms with Crippen molar-refractivity contribution in [1.82, 2.24) is 10.5 Å². The van der Waals surface area contributed by atoms with Gasteiger partial charge in [0.2, 0.25) is 0 Å². The molecule has 0 aliphatic carbocycles. The summed E-state index contributed by atoms with van der Waals surface area (Å²) in [7, 11) is 0. The van der Waals surface area contributed by atoms with Crippen LogP contribution in [0.5, 0.6) is 0 Å². The van der Waals surface area contributed by atoms with Crippen molar-refractivity contribution in [3.63, 3.8) is 0 Å². The molecule has 0 aliphatic heterocycles. The molecule has 2 aromatic rings. The standard InChI is InChI=1S/C14H15FN2O2/c1-9-11(10(2)19-17-9)7-8-16-14(18)12-5-3-4-6-13(12)15/h3-6H,7-8H2,1-2H3,(H,16,18). The molecular weight excluding hydrogens is 247 g/mol. The van der Waals surface area contributed by atoms with Crippen LogP contribution in [-0.4, -0.2) is 17.6 Å². The van der Waals surface area contributed by atoms with E-state index in [1.165, 1.54) is 12.1 Å². The van der Waals surface area contributed by atoms with Crippen molar-refractivity contribution in [3.05, 3.63) is 52.7 Å². The van der Waals surface area contributed by atoms with Gasteiger partial charge in [0.25, 0.3) is 5.91 Å². The van der Waals surface area contributed by atoms with Crippen molar-refractivity contribution in [2.45, 2.75) is 20.3 Å². The minimum Gasteiger partial charge on any atom is -0.361 e. The SMILES string of the molecule is Cc1noc(C)c1CCNC(=O)c1ccccc1F. The number of amides is 1. The predicted molar refractivity (Wildman–Crippen MR) is 68.4 cm³/mol. The molecule has 5 heteroatoms. The van der Waals surface area contributed by atoms with Crippen molar-refractivity contribution in [2.75, 3.05) is 6.54 Å². The van der Waals surface area contributed by atoms with Crippen LogP contribution >= 0.6 is 0 Å². The minimum absolute atomic E-state index is 0.0567. The first-order valence-corrected chi connectivity index (χ1v) is 6.04. The molecule has 0 bridgehead atoms. The topological polar surface area (TPSA) is 55.1 Å². The molecule has 1 aromatic heterocycles. The van der Waals surface area contributed by atoms with E-state index in [1.54, 1.807) is 12.1 Å². The lowest BCUT2D eigenvalue weighted by Crippen LogP contribution is -2.26. The molecule has 0 saturated carbocycles. The van der Waals surface area contributed by atoms with Crippen LogP contribution in [0.1, 0.15) is 27.4 Å². The largest absolute Gasteiger partial charge is 0.361 e. The molecule has 4 nitrogen and oxygen atoms in total. The van der Waals surface area contributed by atoms with Crippen molar-refractivity contribution < 1.29 is 13.7 Å². The van der Waals surface area contributed by atoms with Gasteiger partial charge in [-0.1, -0.05) is 17.3 Å². The number of carbonyl (C=O) groups is 1. The molecule has 2 rings (SSSR count). The van der Waals surface area contributed by atoms with Gasteiger partial charge in [0.05, 0.1) is 11.3 Å². The van der Waals surface area contributed by atoms with Gasteiger partial charge >= 0.3 is 0 Å². The first kappa shape index (κ1) is 13.3. The number of benzene rings is 1. The zero-order valence-corrected chi connectivity index (χ0v) is 10.9. The van der Waals surface area contributed by atoms with Crippen molar-refractivity contribution in [2.24, 2.45) is 0 Å². The van der Waals surface area contributed by atoms with Gasteiger partial charge in [-0.3, -0.25) is 4.79 Å². The van der Waals surface area contributed by atoms with Crippen LogP contribution < -0.4 is 5.32 Å². The first-order valence-electron chi connectivity index (χ1n) is 6.04. The van der Waals surface area contributed by atoms with E-state index < -0.39 is 11.7 Å². The molecule has 1 aromatic carbocycles. The van der Waals surface area contributed by atoms with Crippen molar-refractivity contribution in [1.29, 1.82) is 0 Å². The van der Waals surface area contributed by atoms with Crippen LogP contribution in [0, 0.1) is 19.7 Å². The summed E-state index contributed by atoms with van der Waals surface area (Å²) >= 11 is 0. The average molecular weight is 262 g/mol. The number of rotatable bonds is 4. The van der Waals surface area contributed by atoms with Gasteiger partial charge in [-0.15, -0.1) is 0 Å². The maximum absolute atomic E-state index is 13.4. The molecule has 0 fully saturated rings. The van der Waals surface area contributed by atoms with E-state index in [-0.39, 0.29) is 5.56 Å². The Kier molecular flexibility index (Phi) is 3.94. The monoisotopic (exact) mass is 262 g/mol. The van der Waals surface area contributed by atoms with Crippen LogP contribution in [0.4, 0.5) is 4.39 Å². The van der Waals surface area contributed by atoms with Crippen LogP contribution in [0.15, 0.2) is 28.8 Å². The average Bonchev–Trinajstić information content (AvgIpc) is 2.70. The third-order valence-electron chi connectivity index (χ3n) is 2.96. The molecule has 100 valence electrons. The summed E-state index contributed by atoms with van der Waals surface area (Å²) in [5, 5.41) is 6.52. The Morgan fingerprint density at radius 2 is 2.11 bits per heavy atom. The highest BCUT2D eigenvalue weighted by Crippen LogP contribution is 2.12. The van der Waals surface area contributed by atoms with E-state index in [1.807, 2.05) is 13.8 Å². The predicted octanol–water partition coefficient (Wildman–Crippen LogP) is 2.40. The van der Waals surface area contributed by atoms with Crippen LogP contribution in [-0.2, 0) is 6.42 Å². The third kappa shape index (κ3) is 2.99. The van der Waals surface area contributed by atoms with E-state index in [0.29, 0.717) is 13.0 Å². The molecule has 1 amide bonds. The molecule has 19 heavy (non-hydrogen) atoms. The van der Waals surface area contributed by atoms with Gasteiger partial charge in [-0.05, 0) is 32.4 Å². The van der Waals surface area contributed by atoms with E-state index >= 15 is 0 Å². The van der Waals surface area contributed by atoms with Crippen LogP contribution in [0.3, 0.4) is 0 Å². The van der Waals surface area contributed by atoms with Gasteiger partial charge in [0.1, 0.15) is 11.6 Å².